The second-order valence-electron chi connectivity index (χ2n) is 4.72. The Balaban J connectivity index is 2.67. The number of halogens is 2. The summed E-state index contributed by atoms with van der Waals surface area (Å²) in [4.78, 5) is 24.1. The molecule has 1 rings (SSSR count). The zero-order chi connectivity index (χ0) is 13.2. The van der Waals surface area contributed by atoms with Crippen molar-refractivity contribution in [3.8, 4) is 0 Å². The van der Waals surface area contributed by atoms with Crippen LogP contribution in [0.25, 0.3) is 0 Å². The van der Waals surface area contributed by atoms with Crippen LogP contribution in [0, 0.1) is 5.92 Å². The van der Waals surface area contributed by atoms with Crippen molar-refractivity contribution in [2.24, 2.45) is 11.7 Å². The van der Waals surface area contributed by atoms with Gasteiger partial charge in [0, 0.05) is 19.4 Å². The van der Waals surface area contributed by atoms with E-state index in [2.05, 4.69) is 0 Å². The maximum Gasteiger partial charge on any atom is 0.245 e. The number of likely N-dealkylation sites (tertiary alicyclic amines) is 1. The van der Waals surface area contributed by atoms with E-state index in [0.29, 0.717) is 6.42 Å². The molecule has 2 atom stereocenters. The fourth-order valence-electron chi connectivity index (χ4n) is 2.33. The van der Waals surface area contributed by atoms with Gasteiger partial charge in [0.05, 0.1) is 0 Å². The van der Waals surface area contributed by atoms with Crippen molar-refractivity contribution < 1.29 is 18.4 Å². The van der Waals surface area contributed by atoms with Gasteiger partial charge >= 0.3 is 0 Å². The average molecular weight is 248 g/mol. The molecule has 2 unspecified atom stereocenters. The van der Waals surface area contributed by atoms with E-state index in [1.54, 1.807) is 6.92 Å². The second kappa shape index (κ2) is 4.98. The number of rotatable bonds is 5. The minimum absolute atomic E-state index is 0.0766. The highest BCUT2D eigenvalue weighted by Gasteiger charge is 2.39. The Bertz CT molecular complexity index is 315. The summed E-state index contributed by atoms with van der Waals surface area (Å²) in [7, 11) is 0. The van der Waals surface area contributed by atoms with E-state index in [-0.39, 0.29) is 25.3 Å². The van der Waals surface area contributed by atoms with Gasteiger partial charge < -0.3 is 10.6 Å². The van der Waals surface area contributed by atoms with Crippen LogP contribution in [0.15, 0.2) is 0 Å². The van der Waals surface area contributed by atoms with Crippen molar-refractivity contribution in [1.82, 2.24) is 4.90 Å². The molecule has 0 radical (unpaired) electrons. The van der Waals surface area contributed by atoms with E-state index < -0.39 is 23.8 Å². The van der Waals surface area contributed by atoms with Crippen LogP contribution in [0.4, 0.5) is 8.78 Å². The van der Waals surface area contributed by atoms with Crippen LogP contribution in [0.1, 0.15) is 33.1 Å². The predicted octanol–water partition coefficient (Wildman–Crippen LogP) is 1.14. The molecule has 0 aromatic carbocycles. The molecule has 1 heterocycles. The normalized spacial score (nSPS) is 22.9. The maximum absolute atomic E-state index is 12.8. The summed E-state index contributed by atoms with van der Waals surface area (Å²) >= 11 is 0. The Morgan fingerprint density at radius 1 is 1.65 bits per heavy atom. The fourth-order valence-corrected chi connectivity index (χ4v) is 2.33. The van der Waals surface area contributed by atoms with Crippen molar-refractivity contribution in [3.63, 3.8) is 0 Å². The standard InChI is InChI=1S/C11H18F2N2O2/c1-3-8(10(14)17)15-6-7(4-9(15)16)5-11(2,12)13/h7-8H,3-6H2,1-2H3,(H2,14,17). The number of nitrogens with zero attached hydrogens (tertiary/aromatic N) is 1. The lowest BCUT2D eigenvalue weighted by Gasteiger charge is -2.24. The number of carbonyl (C=O) groups is 2. The molecule has 1 fully saturated rings. The second-order valence-corrected chi connectivity index (χ2v) is 4.72. The molecular weight excluding hydrogens is 230 g/mol. The van der Waals surface area contributed by atoms with Crippen LogP contribution in [-0.2, 0) is 9.59 Å². The quantitative estimate of drug-likeness (QED) is 0.793. The minimum Gasteiger partial charge on any atom is -0.368 e. The number of hydrogen-bond acceptors (Lipinski definition) is 2. The number of alkyl halides is 2. The highest BCUT2D eigenvalue weighted by Crippen LogP contribution is 2.30. The summed E-state index contributed by atoms with van der Waals surface area (Å²) in [5, 5.41) is 0. The van der Waals surface area contributed by atoms with Crippen LogP contribution in [-0.4, -0.2) is 35.2 Å². The Labute approximate surface area is 99.1 Å². The van der Waals surface area contributed by atoms with Crippen LogP contribution >= 0.6 is 0 Å². The SMILES string of the molecule is CCC(C(N)=O)N1CC(CC(C)(F)F)CC1=O. The van der Waals surface area contributed by atoms with Crippen molar-refractivity contribution >= 4 is 11.8 Å². The van der Waals surface area contributed by atoms with E-state index in [4.69, 9.17) is 5.73 Å². The topological polar surface area (TPSA) is 63.4 Å². The number of carbonyl (C=O) groups excluding carboxylic acids is 2. The lowest BCUT2D eigenvalue weighted by Crippen LogP contribution is -2.45. The first-order valence-corrected chi connectivity index (χ1v) is 5.71. The van der Waals surface area contributed by atoms with Crippen LogP contribution < -0.4 is 5.73 Å². The van der Waals surface area contributed by atoms with Crippen LogP contribution in [0.3, 0.4) is 0 Å². The molecule has 17 heavy (non-hydrogen) atoms. The molecule has 1 saturated heterocycles. The molecule has 0 aliphatic carbocycles. The van der Waals surface area contributed by atoms with E-state index in [9.17, 15) is 18.4 Å². The van der Waals surface area contributed by atoms with Gasteiger partial charge in [-0.2, -0.15) is 0 Å². The van der Waals surface area contributed by atoms with Gasteiger partial charge in [-0.05, 0) is 19.3 Å². The lowest BCUT2D eigenvalue weighted by molar-refractivity contribution is -0.136. The molecule has 1 aliphatic rings. The number of primary amides is 1. The Hall–Kier alpha value is -1.20. The van der Waals surface area contributed by atoms with Gasteiger partial charge in [0.2, 0.25) is 17.7 Å². The molecule has 2 N–H and O–H groups in total. The molecule has 0 aromatic rings. The highest BCUT2D eigenvalue weighted by molar-refractivity contribution is 5.87. The Kier molecular flexibility index (Phi) is 4.06. The Morgan fingerprint density at radius 3 is 2.65 bits per heavy atom. The van der Waals surface area contributed by atoms with Gasteiger partial charge in [0.15, 0.2) is 0 Å². The molecule has 6 heteroatoms. The predicted molar refractivity (Wildman–Crippen MR) is 58.3 cm³/mol. The first kappa shape index (κ1) is 13.9. The lowest BCUT2D eigenvalue weighted by atomic mass is 10.0. The van der Waals surface area contributed by atoms with Gasteiger partial charge in [0.25, 0.3) is 0 Å². The van der Waals surface area contributed by atoms with E-state index in [0.717, 1.165) is 6.92 Å². The molecule has 2 amide bonds. The third kappa shape index (κ3) is 3.64. The number of nitrogens with two attached hydrogens (primary N) is 1. The molecule has 0 aromatic heterocycles. The zero-order valence-electron chi connectivity index (χ0n) is 10.1. The van der Waals surface area contributed by atoms with Gasteiger partial charge in [0.1, 0.15) is 6.04 Å². The monoisotopic (exact) mass is 248 g/mol. The van der Waals surface area contributed by atoms with E-state index in [1.165, 1.54) is 4.90 Å². The van der Waals surface area contributed by atoms with Crippen molar-refractivity contribution in [2.45, 2.75) is 45.1 Å². The summed E-state index contributed by atoms with van der Waals surface area (Å²) in [6.07, 6.45) is 0.161. The molecule has 4 nitrogen and oxygen atoms in total. The van der Waals surface area contributed by atoms with E-state index in [1.807, 2.05) is 0 Å². The van der Waals surface area contributed by atoms with Gasteiger partial charge in [-0.3, -0.25) is 9.59 Å². The zero-order valence-corrected chi connectivity index (χ0v) is 10.1. The summed E-state index contributed by atoms with van der Waals surface area (Å²) in [5.74, 6) is -4.01. The molecule has 0 saturated carbocycles. The van der Waals surface area contributed by atoms with Crippen LogP contribution in [0.2, 0.25) is 0 Å². The number of hydrogen-bond donors (Lipinski definition) is 1. The largest absolute Gasteiger partial charge is 0.368 e. The first-order chi connectivity index (χ1) is 7.74. The van der Waals surface area contributed by atoms with Crippen molar-refractivity contribution in [1.29, 1.82) is 0 Å². The smallest absolute Gasteiger partial charge is 0.245 e. The van der Waals surface area contributed by atoms with Gasteiger partial charge in [-0.1, -0.05) is 6.92 Å². The minimum atomic E-state index is -2.78. The molecule has 1 aliphatic heterocycles. The van der Waals surface area contributed by atoms with Crippen LogP contribution in [0.5, 0.6) is 0 Å². The van der Waals surface area contributed by atoms with E-state index >= 15 is 0 Å². The van der Waals surface area contributed by atoms with Gasteiger partial charge in [-0.25, -0.2) is 8.78 Å². The highest BCUT2D eigenvalue weighted by atomic mass is 19.3. The third-order valence-electron chi connectivity index (χ3n) is 2.98. The average Bonchev–Trinajstić information content (AvgIpc) is 2.44. The number of amides is 2. The molecule has 0 spiro atoms. The summed E-state index contributed by atoms with van der Waals surface area (Å²) in [6, 6.07) is -0.669. The van der Waals surface area contributed by atoms with Gasteiger partial charge in [-0.15, -0.1) is 0 Å². The first-order valence-electron chi connectivity index (χ1n) is 5.71. The Morgan fingerprint density at radius 2 is 2.24 bits per heavy atom. The van der Waals surface area contributed by atoms with Crippen molar-refractivity contribution in [2.75, 3.05) is 6.54 Å². The maximum atomic E-state index is 12.8. The molecule has 0 bridgehead atoms. The summed E-state index contributed by atoms with van der Waals surface area (Å²) in [6.45, 7) is 2.78. The molecular formula is C11H18F2N2O2. The summed E-state index contributed by atoms with van der Waals surface area (Å²) < 4.78 is 25.7. The molecule has 98 valence electrons. The fraction of sp³-hybridized carbons (Fsp3) is 0.818. The summed E-state index contributed by atoms with van der Waals surface area (Å²) in [5.41, 5.74) is 5.18. The third-order valence-corrected chi connectivity index (χ3v) is 2.98. The van der Waals surface area contributed by atoms with Crippen molar-refractivity contribution in [3.05, 3.63) is 0 Å².